The maximum Gasteiger partial charge on any atom is 0.393 e. The van der Waals surface area contributed by atoms with Crippen LogP contribution in [0.2, 0.25) is 0 Å². The third kappa shape index (κ3) is 4.15. The van der Waals surface area contributed by atoms with Gasteiger partial charge in [0.05, 0.1) is 11.5 Å². The Balaban J connectivity index is 2.03. The number of nitriles is 1. The number of amides is 1. The van der Waals surface area contributed by atoms with E-state index in [4.69, 9.17) is 10.00 Å². The number of hydrogen-bond acceptors (Lipinski definition) is 3. The molecule has 2 atom stereocenters. The first-order chi connectivity index (χ1) is 10.8. The van der Waals surface area contributed by atoms with Crippen LogP contribution in [0.15, 0.2) is 24.3 Å². The van der Waals surface area contributed by atoms with Gasteiger partial charge in [-0.25, -0.2) is 0 Å². The number of rotatable bonds is 3. The second-order valence-corrected chi connectivity index (χ2v) is 5.53. The minimum atomic E-state index is -4.30. The Hall–Kier alpha value is -2.23. The molecule has 0 aliphatic carbocycles. The van der Waals surface area contributed by atoms with Gasteiger partial charge in [-0.15, -0.1) is 0 Å². The molecule has 0 radical (unpaired) electrons. The van der Waals surface area contributed by atoms with Crippen molar-refractivity contribution in [1.82, 2.24) is 4.90 Å². The van der Waals surface area contributed by atoms with E-state index in [1.54, 1.807) is 24.3 Å². The molecule has 1 fully saturated rings. The number of nitrogens with zero attached hydrogens (tertiary/aromatic N) is 2. The normalized spacial score (nSPS) is 19.8. The summed E-state index contributed by atoms with van der Waals surface area (Å²) in [5.74, 6) is -1.73. The smallest absolute Gasteiger partial charge is 0.393 e. The largest absolute Gasteiger partial charge is 0.480 e. The molecule has 2 rings (SSSR count). The zero-order valence-electron chi connectivity index (χ0n) is 12.6. The first kappa shape index (κ1) is 17.1. The topological polar surface area (TPSA) is 53.3 Å². The van der Waals surface area contributed by atoms with Crippen LogP contribution in [0.25, 0.3) is 0 Å². The van der Waals surface area contributed by atoms with Gasteiger partial charge in [0.2, 0.25) is 0 Å². The minimum absolute atomic E-state index is 0.0415. The Kier molecular flexibility index (Phi) is 5.14. The summed E-state index contributed by atoms with van der Waals surface area (Å²) in [5.41, 5.74) is 0.277. The van der Waals surface area contributed by atoms with Crippen molar-refractivity contribution in [1.29, 1.82) is 5.26 Å². The molecule has 4 nitrogen and oxygen atoms in total. The second-order valence-electron chi connectivity index (χ2n) is 5.53. The summed E-state index contributed by atoms with van der Waals surface area (Å²) in [5, 5.41) is 8.99. The molecule has 7 heteroatoms. The number of para-hydroxylation sites is 1. The standard InChI is InChI=1S/C16H17F3N2O2/c1-11(23-14-7-3-2-5-12(14)9-20)15(22)21-8-4-6-13(10-21)16(17,18)19/h2-3,5,7,11,13H,4,6,8,10H2,1H3/t11-,13+/m0/s1. The Morgan fingerprint density at radius 1 is 1.43 bits per heavy atom. The number of carbonyl (C=O) groups is 1. The van der Waals surface area contributed by atoms with Crippen LogP contribution < -0.4 is 4.74 Å². The molecule has 1 amide bonds. The molecule has 1 aliphatic rings. The fourth-order valence-electron chi connectivity index (χ4n) is 2.60. The van der Waals surface area contributed by atoms with Crippen molar-refractivity contribution in [3.63, 3.8) is 0 Å². The lowest BCUT2D eigenvalue weighted by molar-refractivity contribution is -0.189. The lowest BCUT2D eigenvalue weighted by Crippen LogP contribution is -2.48. The van der Waals surface area contributed by atoms with Gasteiger partial charge in [-0.3, -0.25) is 4.79 Å². The van der Waals surface area contributed by atoms with E-state index in [9.17, 15) is 18.0 Å². The number of piperidine rings is 1. The number of alkyl halides is 3. The van der Waals surface area contributed by atoms with Gasteiger partial charge in [0, 0.05) is 13.1 Å². The molecule has 0 spiro atoms. The average Bonchev–Trinajstić information content (AvgIpc) is 2.54. The zero-order valence-corrected chi connectivity index (χ0v) is 12.6. The summed E-state index contributed by atoms with van der Waals surface area (Å²) in [6.07, 6.45) is -4.88. The molecule has 1 aliphatic heterocycles. The first-order valence-corrected chi connectivity index (χ1v) is 7.34. The summed E-state index contributed by atoms with van der Waals surface area (Å²) in [7, 11) is 0. The third-order valence-electron chi connectivity index (χ3n) is 3.85. The van der Waals surface area contributed by atoms with Gasteiger partial charge in [0.1, 0.15) is 11.8 Å². The molecule has 0 saturated carbocycles. The predicted octanol–water partition coefficient (Wildman–Crippen LogP) is 3.13. The number of halogens is 3. The van der Waals surface area contributed by atoms with Crippen LogP contribution >= 0.6 is 0 Å². The highest BCUT2D eigenvalue weighted by Gasteiger charge is 2.43. The van der Waals surface area contributed by atoms with Crippen LogP contribution in [-0.4, -0.2) is 36.2 Å². The number of hydrogen-bond donors (Lipinski definition) is 0. The van der Waals surface area contributed by atoms with Crippen LogP contribution in [-0.2, 0) is 4.79 Å². The van der Waals surface area contributed by atoms with Crippen LogP contribution in [0.4, 0.5) is 13.2 Å². The summed E-state index contributed by atoms with van der Waals surface area (Å²) < 4.78 is 43.9. The highest BCUT2D eigenvalue weighted by atomic mass is 19.4. The van der Waals surface area contributed by atoms with Crippen molar-refractivity contribution in [2.24, 2.45) is 5.92 Å². The van der Waals surface area contributed by atoms with Crippen LogP contribution in [0, 0.1) is 17.2 Å². The predicted molar refractivity (Wildman–Crippen MR) is 76.6 cm³/mol. The summed E-state index contributed by atoms with van der Waals surface area (Å²) in [6, 6.07) is 8.37. The van der Waals surface area contributed by atoms with Gasteiger partial charge in [0.25, 0.3) is 5.91 Å². The molecule has 0 bridgehead atoms. The quantitative estimate of drug-likeness (QED) is 0.857. The van der Waals surface area contributed by atoms with Gasteiger partial charge >= 0.3 is 6.18 Å². The molecule has 23 heavy (non-hydrogen) atoms. The lowest BCUT2D eigenvalue weighted by Gasteiger charge is -2.35. The molecule has 0 unspecified atom stereocenters. The van der Waals surface area contributed by atoms with Crippen LogP contribution in [0.5, 0.6) is 5.75 Å². The molecular weight excluding hydrogens is 309 g/mol. The van der Waals surface area contributed by atoms with E-state index in [0.29, 0.717) is 13.0 Å². The van der Waals surface area contributed by atoms with E-state index < -0.39 is 24.1 Å². The van der Waals surface area contributed by atoms with Crippen molar-refractivity contribution >= 4 is 5.91 Å². The monoisotopic (exact) mass is 326 g/mol. The maximum atomic E-state index is 12.8. The van der Waals surface area contributed by atoms with Gasteiger partial charge in [-0.05, 0) is 31.9 Å². The minimum Gasteiger partial charge on any atom is -0.480 e. The maximum absolute atomic E-state index is 12.8. The van der Waals surface area contributed by atoms with E-state index in [2.05, 4.69) is 0 Å². The van der Waals surface area contributed by atoms with Gasteiger partial charge in [0.15, 0.2) is 6.10 Å². The van der Waals surface area contributed by atoms with E-state index >= 15 is 0 Å². The highest BCUT2D eigenvalue weighted by Crippen LogP contribution is 2.33. The van der Waals surface area contributed by atoms with E-state index in [-0.39, 0.29) is 24.3 Å². The van der Waals surface area contributed by atoms with Gasteiger partial charge < -0.3 is 9.64 Å². The molecule has 0 aromatic heterocycles. The Bertz CT molecular complexity index is 610. The van der Waals surface area contributed by atoms with Crippen molar-refractivity contribution in [2.45, 2.75) is 32.0 Å². The fraction of sp³-hybridized carbons (Fsp3) is 0.500. The number of benzene rings is 1. The van der Waals surface area contributed by atoms with Crippen molar-refractivity contribution in [2.75, 3.05) is 13.1 Å². The molecule has 1 aromatic rings. The highest BCUT2D eigenvalue weighted by molar-refractivity contribution is 5.81. The molecular formula is C16H17F3N2O2. The van der Waals surface area contributed by atoms with Crippen molar-refractivity contribution in [3.05, 3.63) is 29.8 Å². The van der Waals surface area contributed by atoms with E-state index in [0.717, 1.165) is 0 Å². The number of carbonyl (C=O) groups excluding carboxylic acids is 1. The Morgan fingerprint density at radius 2 is 2.13 bits per heavy atom. The van der Waals surface area contributed by atoms with Crippen molar-refractivity contribution in [3.8, 4) is 11.8 Å². The molecule has 1 saturated heterocycles. The SMILES string of the molecule is C[C@H](Oc1ccccc1C#N)C(=O)N1CCC[C@@H](C(F)(F)F)C1. The Labute approximate surface area is 132 Å². The molecule has 124 valence electrons. The first-order valence-electron chi connectivity index (χ1n) is 7.34. The number of likely N-dealkylation sites (tertiary alicyclic amines) is 1. The average molecular weight is 326 g/mol. The zero-order chi connectivity index (χ0) is 17.0. The molecule has 1 heterocycles. The molecule has 0 N–H and O–H groups in total. The van der Waals surface area contributed by atoms with Gasteiger partial charge in [-0.1, -0.05) is 12.1 Å². The lowest BCUT2D eigenvalue weighted by atomic mass is 9.97. The fourth-order valence-corrected chi connectivity index (χ4v) is 2.60. The van der Waals surface area contributed by atoms with Crippen LogP contribution in [0.1, 0.15) is 25.3 Å². The summed E-state index contributed by atoms with van der Waals surface area (Å²) in [6.45, 7) is 1.43. The van der Waals surface area contributed by atoms with E-state index in [1.807, 2.05) is 6.07 Å². The van der Waals surface area contributed by atoms with Gasteiger partial charge in [-0.2, -0.15) is 18.4 Å². The summed E-state index contributed by atoms with van der Waals surface area (Å²) in [4.78, 5) is 13.5. The second kappa shape index (κ2) is 6.90. The molecule has 1 aromatic carbocycles. The van der Waals surface area contributed by atoms with E-state index in [1.165, 1.54) is 11.8 Å². The Morgan fingerprint density at radius 3 is 2.78 bits per heavy atom. The summed E-state index contributed by atoms with van der Waals surface area (Å²) >= 11 is 0. The number of ether oxygens (including phenoxy) is 1. The van der Waals surface area contributed by atoms with Crippen LogP contribution in [0.3, 0.4) is 0 Å². The van der Waals surface area contributed by atoms with Crippen molar-refractivity contribution < 1.29 is 22.7 Å². The third-order valence-corrected chi connectivity index (χ3v) is 3.85.